The fourth-order valence-corrected chi connectivity index (χ4v) is 4.52. The van der Waals surface area contributed by atoms with Crippen LogP contribution in [0.15, 0.2) is 42.5 Å². The molecule has 4 rings (SSSR count). The molecular formula is C26H37ClN6O3. The van der Waals surface area contributed by atoms with E-state index in [-0.39, 0.29) is 24.0 Å². The molecule has 0 bridgehead atoms. The number of hydrogen-bond donors (Lipinski definition) is 0. The Morgan fingerprint density at radius 1 is 0.889 bits per heavy atom. The van der Waals surface area contributed by atoms with Gasteiger partial charge in [0, 0.05) is 31.9 Å². The van der Waals surface area contributed by atoms with Gasteiger partial charge in [-0.15, -0.1) is 17.5 Å². The van der Waals surface area contributed by atoms with Gasteiger partial charge in [-0.3, -0.25) is 4.90 Å². The zero-order valence-electron chi connectivity index (χ0n) is 22.0. The Balaban J connectivity index is 0.00000361. The summed E-state index contributed by atoms with van der Waals surface area (Å²) in [6, 6.07) is 14.2. The van der Waals surface area contributed by atoms with Crippen LogP contribution < -0.4 is 19.1 Å². The van der Waals surface area contributed by atoms with Crippen LogP contribution in [-0.4, -0.2) is 72.6 Å². The van der Waals surface area contributed by atoms with Crippen molar-refractivity contribution in [3.05, 3.63) is 53.9 Å². The highest BCUT2D eigenvalue weighted by atomic mass is 35.5. The average molecular weight is 517 g/mol. The number of halogens is 1. The van der Waals surface area contributed by atoms with Gasteiger partial charge in [0.15, 0.2) is 17.3 Å². The predicted octanol–water partition coefficient (Wildman–Crippen LogP) is 4.18. The van der Waals surface area contributed by atoms with Crippen LogP contribution in [0, 0.1) is 0 Å². The lowest BCUT2D eigenvalue weighted by Crippen LogP contribution is -2.48. The van der Waals surface area contributed by atoms with E-state index in [0.717, 1.165) is 49.7 Å². The number of ether oxygens (including phenoxy) is 3. The van der Waals surface area contributed by atoms with E-state index in [4.69, 9.17) is 14.2 Å². The van der Waals surface area contributed by atoms with Gasteiger partial charge in [-0.2, -0.15) is 0 Å². The zero-order chi connectivity index (χ0) is 25.0. The van der Waals surface area contributed by atoms with Crippen LogP contribution in [0.1, 0.15) is 44.6 Å². The lowest BCUT2D eigenvalue weighted by Gasteiger charge is -2.40. The summed E-state index contributed by atoms with van der Waals surface area (Å²) >= 11 is 0. The minimum Gasteiger partial charge on any atom is -0.497 e. The van der Waals surface area contributed by atoms with Crippen LogP contribution in [-0.2, 0) is 5.54 Å². The molecule has 0 spiro atoms. The summed E-state index contributed by atoms with van der Waals surface area (Å²) in [5.41, 5.74) is 2.06. The molecule has 3 aromatic rings. The number of aromatic nitrogens is 4. The molecule has 0 amide bonds. The molecule has 2 heterocycles. The Morgan fingerprint density at radius 3 is 2.14 bits per heavy atom. The minimum absolute atomic E-state index is 0. The Bertz CT molecular complexity index is 1110. The first-order valence-electron chi connectivity index (χ1n) is 12.1. The van der Waals surface area contributed by atoms with Crippen molar-refractivity contribution in [2.24, 2.45) is 0 Å². The largest absolute Gasteiger partial charge is 0.497 e. The number of rotatable bonds is 9. The topological polar surface area (TPSA) is 77.8 Å². The molecule has 2 aromatic carbocycles. The van der Waals surface area contributed by atoms with Crippen molar-refractivity contribution in [2.75, 3.05) is 52.4 Å². The molecule has 1 fully saturated rings. The fraction of sp³-hybridized carbons (Fsp3) is 0.500. The van der Waals surface area contributed by atoms with Gasteiger partial charge in [-0.05, 0) is 72.7 Å². The van der Waals surface area contributed by atoms with Gasteiger partial charge in [0.2, 0.25) is 0 Å². The highest BCUT2D eigenvalue weighted by Crippen LogP contribution is 2.36. The van der Waals surface area contributed by atoms with Crippen molar-refractivity contribution in [1.82, 2.24) is 25.1 Å². The molecule has 1 atom stereocenters. The molecule has 10 heteroatoms. The van der Waals surface area contributed by atoms with Crippen LogP contribution in [0.4, 0.5) is 5.69 Å². The standard InChI is InChI=1S/C26H36N6O3.ClH/c1-7-26(2,3)32-25(27-28-29-32)24(19-8-13-22(34-5)23(18-19)35-6)31-16-14-30(15-17-31)20-9-11-21(33-4)12-10-20;/h8-13,18,24H,7,14-17H2,1-6H3;1H. The number of piperazine rings is 1. The van der Waals surface area contributed by atoms with E-state index in [2.05, 4.69) is 64.3 Å². The molecule has 0 N–H and O–H groups in total. The number of methoxy groups -OCH3 is 3. The van der Waals surface area contributed by atoms with Gasteiger partial charge in [-0.25, -0.2) is 4.68 Å². The van der Waals surface area contributed by atoms with E-state index >= 15 is 0 Å². The van der Waals surface area contributed by atoms with Crippen molar-refractivity contribution in [2.45, 2.75) is 38.8 Å². The average Bonchev–Trinajstić information content (AvgIpc) is 3.39. The predicted molar refractivity (Wildman–Crippen MR) is 143 cm³/mol. The zero-order valence-corrected chi connectivity index (χ0v) is 22.8. The third kappa shape index (κ3) is 5.52. The van der Waals surface area contributed by atoms with Gasteiger partial charge in [-0.1, -0.05) is 13.0 Å². The number of benzene rings is 2. The van der Waals surface area contributed by atoms with Crippen molar-refractivity contribution in [1.29, 1.82) is 0 Å². The van der Waals surface area contributed by atoms with E-state index < -0.39 is 0 Å². The van der Waals surface area contributed by atoms with Crippen LogP contribution in [0.3, 0.4) is 0 Å². The third-order valence-electron chi connectivity index (χ3n) is 7.02. The van der Waals surface area contributed by atoms with Crippen LogP contribution in [0.5, 0.6) is 17.2 Å². The smallest absolute Gasteiger partial charge is 0.173 e. The third-order valence-corrected chi connectivity index (χ3v) is 7.02. The van der Waals surface area contributed by atoms with E-state index in [1.165, 1.54) is 5.69 Å². The van der Waals surface area contributed by atoms with E-state index in [1.807, 2.05) is 28.9 Å². The highest BCUT2D eigenvalue weighted by molar-refractivity contribution is 5.85. The lowest BCUT2D eigenvalue weighted by atomic mass is 9.98. The molecule has 1 unspecified atom stereocenters. The lowest BCUT2D eigenvalue weighted by molar-refractivity contribution is 0.187. The number of hydrogen-bond acceptors (Lipinski definition) is 8. The van der Waals surface area contributed by atoms with Gasteiger partial charge in [0.05, 0.1) is 32.9 Å². The summed E-state index contributed by atoms with van der Waals surface area (Å²) in [6.45, 7) is 10.0. The molecular weight excluding hydrogens is 480 g/mol. The van der Waals surface area contributed by atoms with Gasteiger partial charge < -0.3 is 19.1 Å². The first-order valence-corrected chi connectivity index (χ1v) is 12.1. The molecule has 196 valence electrons. The Labute approximate surface area is 219 Å². The molecule has 0 aliphatic carbocycles. The van der Waals surface area contributed by atoms with Gasteiger partial charge in [0.25, 0.3) is 0 Å². The Hall–Kier alpha value is -3.04. The highest BCUT2D eigenvalue weighted by Gasteiger charge is 2.34. The monoisotopic (exact) mass is 516 g/mol. The first kappa shape index (κ1) is 27.5. The second-order valence-electron chi connectivity index (χ2n) is 9.35. The maximum absolute atomic E-state index is 5.62. The Morgan fingerprint density at radius 2 is 1.56 bits per heavy atom. The molecule has 1 aromatic heterocycles. The van der Waals surface area contributed by atoms with E-state index in [0.29, 0.717) is 11.5 Å². The second-order valence-corrected chi connectivity index (χ2v) is 9.35. The summed E-state index contributed by atoms with van der Waals surface area (Å²) in [4.78, 5) is 4.86. The molecule has 36 heavy (non-hydrogen) atoms. The first-order chi connectivity index (χ1) is 16.9. The van der Waals surface area contributed by atoms with Crippen molar-refractivity contribution >= 4 is 18.1 Å². The number of tetrazole rings is 1. The van der Waals surface area contributed by atoms with Gasteiger partial charge >= 0.3 is 0 Å². The number of anilines is 1. The summed E-state index contributed by atoms with van der Waals surface area (Å²) < 4.78 is 18.4. The fourth-order valence-electron chi connectivity index (χ4n) is 4.52. The summed E-state index contributed by atoms with van der Waals surface area (Å²) in [7, 11) is 5.00. The molecule has 0 radical (unpaired) electrons. The second kappa shape index (κ2) is 11.8. The molecule has 1 saturated heterocycles. The van der Waals surface area contributed by atoms with Crippen LogP contribution in [0.25, 0.3) is 0 Å². The van der Waals surface area contributed by atoms with E-state index in [9.17, 15) is 0 Å². The Kier molecular flexibility index (Phi) is 9.03. The molecule has 9 nitrogen and oxygen atoms in total. The van der Waals surface area contributed by atoms with E-state index in [1.54, 1.807) is 21.3 Å². The summed E-state index contributed by atoms with van der Waals surface area (Å²) in [5, 5.41) is 13.0. The normalized spacial score (nSPS) is 15.2. The van der Waals surface area contributed by atoms with Crippen LogP contribution in [0.2, 0.25) is 0 Å². The number of nitrogens with zero attached hydrogens (tertiary/aromatic N) is 6. The van der Waals surface area contributed by atoms with Crippen molar-refractivity contribution < 1.29 is 14.2 Å². The SMILES string of the molecule is CCC(C)(C)n1nnnc1C(c1ccc(OC)c(OC)c1)N1CCN(c2ccc(OC)cc2)CC1.Cl. The van der Waals surface area contributed by atoms with Gasteiger partial charge in [0.1, 0.15) is 5.75 Å². The minimum atomic E-state index is -0.210. The maximum Gasteiger partial charge on any atom is 0.173 e. The summed E-state index contributed by atoms with van der Waals surface area (Å²) in [5.74, 6) is 3.10. The molecule has 0 saturated carbocycles. The summed E-state index contributed by atoms with van der Waals surface area (Å²) in [6.07, 6.45) is 0.912. The maximum atomic E-state index is 5.62. The van der Waals surface area contributed by atoms with Crippen molar-refractivity contribution in [3.8, 4) is 17.2 Å². The van der Waals surface area contributed by atoms with Crippen LogP contribution >= 0.6 is 12.4 Å². The molecule has 1 aliphatic heterocycles. The van der Waals surface area contributed by atoms with Crippen molar-refractivity contribution in [3.63, 3.8) is 0 Å². The quantitative estimate of drug-likeness (QED) is 0.419. The molecule has 1 aliphatic rings.